The number of benzene rings is 2. The van der Waals surface area contributed by atoms with E-state index in [0.29, 0.717) is 29.5 Å². The molecule has 0 heterocycles. The largest absolute Gasteiger partial charge is 0.496 e. The predicted octanol–water partition coefficient (Wildman–Crippen LogP) is 3.04. The van der Waals surface area contributed by atoms with Crippen molar-refractivity contribution in [2.24, 2.45) is 0 Å². The fourth-order valence-electron chi connectivity index (χ4n) is 1.91. The Morgan fingerprint density at radius 2 is 1.58 bits per heavy atom. The summed E-state index contributed by atoms with van der Waals surface area (Å²) in [7, 11) is 3.11. The zero-order valence-corrected chi connectivity index (χ0v) is 13.5. The first-order valence-electron chi connectivity index (χ1n) is 7.27. The Hall–Kier alpha value is -2.96. The Balaban J connectivity index is 1.76. The molecule has 0 aliphatic rings. The van der Waals surface area contributed by atoms with E-state index in [1.165, 1.54) is 24.3 Å². The van der Waals surface area contributed by atoms with Crippen molar-refractivity contribution >= 4 is 11.7 Å². The van der Waals surface area contributed by atoms with Gasteiger partial charge in [0.05, 0.1) is 20.8 Å². The van der Waals surface area contributed by atoms with Crippen LogP contribution in [0.25, 0.3) is 0 Å². The highest BCUT2D eigenvalue weighted by Crippen LogP contribution is 2.27. The molecule has 7 heteroatoms. The van der Waals surface area contributed by atoms with Gasteiger partial charge in [-0.15, -0.1) is 0 Å². The third-order valence-electron chi connectivity index (χ3n) is 3.08. The number of hydrogen-bond donors (Lipinski definition) is 2. The monoisotopic (exact) mass is 334 g/mol. The third-order valence-corrected chi connectivity index (χ3v) is 3.08. The molecule has 0 aliphatic carbocycles. The molecule has 0 radical (unpaired) electrons. The minimum Gasteiger partial charge on any atom is -0.496 e. The molecule has 0 unspecified atom stereocenters. The van der Waals surface area contributed by atoms with Crippen LogP contribution in [-0.2, 0) is 0 Å². The van der Waals surface area contributed by atoms with Gasteiger partial charge in [-0.25, -0.2) is 9.18 Å². The summed E-state index contributed by atoms with van der Waals surface area (Å²) < 4.78 is 28.6. The van der Waals surface area contributed by atoms with E-state index in [0.717, 1.165) is 0 Å². The maximum Gasteiger partial charge on any atom is 0.319 e. The molecule has 24 heavy (non-hydrogen) atoms. The van der Waals surface area contributed by atoms with Gasteiger partial charge in [0.2, 0.25) is 0 Å². The Kier molecular flexibility index (Phi) is 6.24. The highest BCUT2D eigenvalue weighted by atomic mass is 19.1. The van der Waals surface area contributed by atoms with Crippen molar-refractivity contribution in [1.29, 1.82) is 0 Å². The van der Waals surface area contributed by atoms with Crippen molar-refractivity contribution in [1.82, 2.24) is 5.32 Å². The van der Waals surface area contributed by atoms with E-state index < -0.39 is 6.03 Å². The van der Waals surface area contributed by atoms with Gasteiger partial charge in [0.1, 0.15) is 29.7 Å². The Morgan fingerprint density at radius 1 is 1.00 bits per heavy atom. The second-order valence-corrected chi connectivity index (χ2v) is 4.78. The first kappa shape index (κ1) is 17.4. The highest BCUT2D eigenvalue weighted by molar-refractivity contribution is 5.89. The average Bonchev–Trinajstić information content (AvgIpc) is 2.60. The molecule has 0 saturated carbocycles. The SMILES string of the molecule is COc1cc(OC)cc(OCCNC(=O)Nc2ccc(F)cc2)c1. The lowest BCUT2D eigenvalue weighted by Crippen LogP contribution is -2.32. The van der Waals surface area contributed by atoms with E-state index in [4.69, 9.17) is 14.2 Å². The molecule has 0 saturated heterocycles. The second kappa shape index (κ2) is 8.61. The summed E-state index contributed by atoms with van der Waals surface area (Å²) in [6, 6.07) is 10.3. The van der Waals surface area contributed by atoms with Gasteiger partial charge in [0, 0.05) is 23.9 Å². The van der Waals surface area contributed by atoms with Gasteiger partial charge in [-0.1, -0.05) is 0 Å². The van der Waals surface area contributed by atoms with Crippen LogP contribution in [0.2, 0.25) is 0 Å². The molecule has 2 aromatic carbocycles. The van der Waals surface area contributed by atoms with Gasteiger partial charge >= 0.3 is 6.03 Å². The molecule has 0 spiro atoms. The number of amides is 2. The Labute approximate surface area is 139 Å². The van der Waals surface area contributed by atoms with E-state index in [2.05, 4.69) is 10.6 Å². The number of urea groups is 1. The van der Waals surface area contributed by atoms with Crippen molar-refractivity contribution in [2.45, 2.75) is 0 Å². The topological polar surface area (TPSA) is 68.8 Å². The van der Waals surface area contributed by atoms with Crippen LogP contribution in [0, 0.1) is 5.82 Å². The van der Waals surface area contributed by atoms with Crippen LogP contribution in [0.3, 0.4) is 0 Å². The first-order chi connectivity index (χ1) is 11.6. The zero-order valence-electron chi connectivity index (χ0n) is 13.5. The lowest BCUT2D eigenvalue weighted by Gasteiger charge is -2.11. The second-order valence-electron chi connectivity index (χ2n) is 4.78. The summed E-state index contributed by atoms with van der Waals surface area (Å²) in [6.45, 7) is 0.569. The van der Waals surface area contributed by atoms with Crippen LogP contribution >= 0.6 is 0 Å². The molecule has 0 aromatic heterocycles. The normalized spacial score (nSPS) is 9.96. The summed E-state index contributed by atoms with van der Waals surface area (Å²) in [5.41, 5.74) is 0.507. The van der Waals surface area contributed by atoms with Crippen molar-refractivity contribution in [3.63, 3.8) is 0 Å². The lowest BCUT2D eigenvalue weighted by atomic mass is 10.3. The molecular formula is C17H19FN2O4. The zero-order chi connectivity index (χ0) is 17.4. The lowest BCUT2D eigenvalue weighted by molar-refractivity contribution is 0.247. The van der Waals surface area contributed by atoms with Crippen LogP contribution in [-0.4, -0.2) is 33.4 Å². The van der Waals surface area contributed by atoms with Crippen LogP contribution in [0.15, 0.2) is 42.5 Å². The quantitative estimate of drug-likeness (QED) is 0.764. The van der Waals surface area contributed by atoms with Crippen molar-refractivity contribution in [2.75, 3.05) is 32.7 Å². The van der Waals surface area contributed by atoms with Crippen molar-refractivity contribution in [3.05, 3.63) is 48.3 Å². The molecule has 6 nitrogen and oxygen atoms in total. The highest BCUT2D eigenvalue weighted by Gasteiger charge is 2.04. The molecule has 2 N–H and O–H groups in total. The van der Waals surface area contributed by atoms with E-state index in [1.807, 2.05) is 0 Å². The molecule has 0 fully saturated rings. The maximum atomic E-state index is 12.8. The molecule has 2 amide bonds. The van der Waals surface area contributed by atoms with Crippen LogP contribution in [0.4, 0.5) is 14.9 Å². The number of anilines is 1. The molecule has 0 aliphatic heterocycles. The summed E-state index contributed by atoms with van der Waals surface area (Å²) >= 11 is 0. The molecular weight excluding hydrogens is 315 g/mol. The number of rotatable bonds is 7. The number of ether oxygens (including phenoxy) is 3. The molecule has 128 valence electrons. The van der Waals surface area contributed by atoms with Gasteiger partial charge in [-0.05, 0) is 24.3 Å². The van der Waals surface area contributed by atoms with Crippen molar-refractivity contribution < 1.29 is 23.4 Å². The average molecular weight is 334 g/mol. The molecule has 2 rings (SSSR count). The van der Waals surface area contributed by atoms with Crippen LogP contribution in [0.5, 0.6) is 17.2 Å². The Morgan fingerprint density at radius 3 is 2.17 bits per heavy atom. The molecule has 0 bridgehead atoms. The number of halogens is 1. The van der Waals surface area contributed by atoms with Crippen LogP contribution < -0.4 is 24.8 Å². The minimum absolute atomic E-state index is 0.271. The smallest absolute Gasteiger partial charge is 0.319 e. The molecule has 2 aromatic rings. The maximum absolute atomic E-state index is 12.8. The minimum atomic E-state index is -0.395. The number of hydrogen-bond acceptors (Lipinski definition) is 4. The van der Waals surface area contributed by atoms with Gasteiger partial charge in [-0.3, -0.25) is 0 Å². The fourth-order valence-corrected chi connectivity index (χ4v) is 1.91. The van der Waals surface area contributed by atoms with Gasteiger partial charge in [0.15, 0.2) is 0 Å². The first-order valence-corrected chi connectivity index (χ1v) is 7.27. The standard InChI is InChI=1S/C17H19FN2O4/c1-22-14-9-15(23-2)11-16(10-14)24-8-7-19-17(21)20-13-5-3-12(18)4-6-13/h3-6,9-11H,7-8H2,1-2H3,(H2,19,20,21). The summed E-state index contributed by atoms with van der Waals surface area (Å²) in [6.07, 6.45) is 0. The van der Waals surface area contributed by atoms with E-state index in [1.54, 1.807) is 32.4 Å². The third kappa shape index (κ3) is 5.35. The van der Waals surface area contributed by atoms with Crippen molar-refractivity contribution in [3.8, 4) is 17.2 Å². The van der Waals surface area contributed by atoms with Gasteiger partial charge in [-0.2, -0.15) is 0 Å². The fraction of sp³-hybridized carbons (Fsp3) is 0.235. The summed E-state index contributed by atoms with van der Waals surface area (Å²) in [5.74, 6) is 1.45. The van der Waals surface area contributed by atoms with Gasteiger partial charge < -0.3 is 24.8 Å². The number of carbonyl (C=O) groups excluding carboxylic acids is 1. The summed E-state index contributed by atoms with van der Waals surface area (Å²) in [4.78, 5) is 11.7. The number of nitrogens with one attached hydrogen (secondary N) is 2. The number of methoxy groups -OCH3 is 2. The van der Waals surface area contributed by atoms with Gasteiger partial charge in [0.25, 0.3) is 0 Å². The predicted molar refractivity (Wildman–Crippen MR) is 88.5 cm³/mol. The van der Waals surface area contributed by atoms with E-state index in [9.17, 15) is 9.18 Å². The van der Waals surface area contributed by atoms with E-state index in [-0.39, 0.29) is 12.4 Å². The molecule has 0 atom stereocenters. The Bertz CT molecular complexity index is 655. The van der Waals surface area contributed by atoms with Crippen LogP contribution in [0.1, 0.15) is 0 Å². The number of carbonyl (C=O) groups is 1. The van der Waals surface area contributed by atoms with E-state index >= 15 is 0 Å². The summed E-state index contributed by atoms with van der Waals surface area (Å²) in [5, 5.41) is 5.23.